The van der Waals surface area contributed by atoms with Gasteiger partial charge in [0, 0.05) is 47.5 Å². The van der Waals surface area contributed by atoms with Crippen molar-refractivity contribution in [1.82, 2.24) is 21.3 Å². The summed E-state index contributed by atoms with van der Waals surface area (Å²) in [6, 6.07) is 0. The first-order valence-corrected chi connectivity index (χ1v) is 24.7. The van der Waals surface area contributed by atoms with Gasteiger partial charge in [-0.3, -0.25) is 33.6 Å². The molecule has 21 nitrogen and oxygen atoms in total. The molecular formula is C37H46I6N6O15. The number of rotatable bonds is 21. The van der Waals surface area contributed by atoms with E-state index in [0.717, 1.165) is 0 Å². The predicted octanol–water partition coefficient (Wildman–Crippen LogP) is 1.38. The van der Waals surface area contributed by atoms with Crippen molar-refractivity contribution >= 4 is 188 Å². The molecule has 0 bridgehead atoms. The van der Waals surface area contributed by atoms with Crippen LogP contribution in [0.25, 0.3) is 0 Å². The lowest BCUT2D eigenvalue weighted by molar-refractivity contribution is -0.143. The second kappa shape index (κ2) is 30.0. The van der Waals surface area contributed by atoms with Gasteiger partial charge in [0.15, 0.2) is 0 Å². The van der Waals surface area contributed by atoms with Crippen LogP contribution in [-0.2, 0) is 23.9 Å². The molecule has 2 aromatic carbocycles. The second-order valence-corrected chi connectivity index (χ2v) is 19.6. The standard InChI is InChI=1S/C19H24I3N3O7.C18H22I3N3O8/c1-8(2)32-11(7-27)5-24-19(31)13-14(20)12(18(30)23-4-10(29)6-26)15(21)17(16(13)22)25-9(3)28;1-7(26)24-16-14(20)11(17(30)22-3-9(28)5-25)13(19)12(15(16)21)18(31)23-4-10(29)6-32-8(2)27/h10-11,26-27,29H,1,4-7H2,2-3H3,(H,23,30)(H,24,31)(H,25,28);9-10,25,28-29H,3-6H2,1-2H3,(H,22,30)(H,23,31)(H,24,26). The number of allylic oxidation sites excluding steroid dienone is 1. The maximum atomic E-state index is 13.0. The van der Waals surface area contributed by atoms with Crippen LogP contribution < -0.4 is 31.9 Å². The smallest absolute Gasteiger partial charge is 0.302 e. The Labute approximate surface area is 449 Å². The van der Waals surface area contributed by atoms with E-state index in [1.807, 2.05) is 136 Å². The molecule has 0 aromatic heterocycles. The minimum absolute atomic E-state index is 0.0139. The molecule has 0 saturated heterocycles. The Kier molecular flexibility index (Phi) is 28.3. The van der Waals surface area contributed by atoms with Crippen LogP contribution in [0.1, 0.15) is 69.1 Å². The minimum atomic E-state index is -1.16. The van der Waals surface area contributed by atoms with Crippen LogP contribution >= 0.6 is 136 Å². The van der Waals surface area contributed by atoms with Crippen LogP contribution in [0.5, 0.6) is 0 Å². The van der Waals surface area contributed by atoms with Crippen molar-refractivity contribution in [2.75, 3.05) is 63.2 Å². The highest BCUT2D eigenvalue weighted by molar-refractivity contribution is 14.1. The molecular weight excluding hydrogens is 1530 g/mol. The molecule has 4 atom stereocenters. The average Bonchev–Trinajstić information content (AvgIpc) is 3.21. The number of esters is 1. The molecule has 0 aliphatic carbocycles. The van der Waals surface area contributed by atoms with Gasteiger partial charge in [-0.2, -0.15) is 0 Å². The number of halogens is 6. The van der Waals surface area contributed by atoms with Gasteiger partial charge in [-0.05, 0) is 142 Å². The van der Waals surface area contributed by atoms with E-state index in [9.17, 15) is 54.0 Å². The van der Waals surface area contributed by atoms with E-state index in [-0.39, 0.29) is 76.8 Å². The molecule has 0 heterocycles. The molecule has 6 amide bonds. The predicted molar refractivity (Wildman–Crippen MR) is 283 cm³/mol. The Bertz CT molecular complexity index is 2080. The Balaban J connectivity index is 0.000000640. The highest BCUT2D eigenvalue weighted by atomic mass is 127. The summed E-state index contributed by atoms with van der Waals surface area (Å²) in [6.07, 6.45) is -4.14. The van der Waals surface area contributed by atoms with E-state index in [1.165, 1.54) is 20.8 Å². The molecule has 356 valence electrons. The lowest BCUT2D eigenvalue weighted by atomic mass is 10.1. The third-order valence-corrected chi connectivity index (χ3v) is 14.1. The van der Waals surface area contributed by atoms with E-state index < -0.39 is 73.1 Å². The largest absolute Gasteiger partial charge is 0.491 e. The molecule has 27 heteroatoms. The molecule has 0 fully saturated rings. The van der Waals surface area contributed by atoms with E-state index in [0.29, 0.717) is 29.3 Å². The molecule has 12 N–H and O–H groups in total. The first-order chi connectivity index (χ1) is 29.8. The van der Waals surface area contributed by atoms with Gasteiger partial charge in [-0.25, -0.2) is 0 Å². The number of anilines is 2. The van der Waals surface area contributed by atoms with Gasteiger partial charge in [0.05, 0.1) is 92.2 Å². The fourth-order valence-corrected chi connectivity index (χ4v) is 13.5. The Morgan fingerprint density at radius 3 is 1.09 bits per heavy atom. The third-order valence-electron chi connectivity index (χ3n) is 7.60. The molecule has 4 unspecified atom stereocenters. The summed E-state index contributed by atoms with van der Waals surface area (Å²) in [7, 11) is 0. The second-order valence-electron chi connectivity index (χ2n) is 13.1. The number of ether oxygens (including phenoxy) is 2. The van der Waals surface area contributed by atoms with Crippen molar-refractivity contribution in [3.63, 3.8) is 0 Å². The van der Waals surface area contributed by atoms with Crippen LogP contribution in [0, 0.1) is 21.4 Å². The summed E-state index contributed by atoms with van der Waals surface area (Å²) in [5.41, 5.74) is 1.07. The first kappa shape index (κ1) is 60.4. The van der Waals surface area contributed by atoms with Gasteiger partial charge in [-0.1, -0.05) is 6.58 Å². The molecule has 2 rings (SSSR count). The van der Waals surface area contributed by atoms with Crippen molar-refractivity contribution in [2.45, 2.75) is 52.1 Å². The highest BCUT2D eigenvalue weighted by Crippen LogP contribution is 2.37. The van der Waals surface area contributed by atoms with Crippen LogP contribution in [0.15, 0.2) is 12.3 Å². The Morgan fingerprint density at radius 2 is 0.828 bits per heavy atom. The summed E-state index contributed by atoms with van der Waals surface area (Å²) >= 11 is 11.3. The van der Waals surface area contributed by atoms with Gasteiger partial charge in [-0.15, -0.1) is 0 Å². The summed E-state index contributed by atoms with van der Waals surface area (Å²) in [5.74, 6) is -3.32. The number of aliphatic hydroxyl groups is 6. The zero-order valence-corrected chi connectivity index (χ0v) is 47.2. The van der Waals surface area contributed by atoms with Gasteiger partial charge in [0.2, 0.25) is 11.8 Å². The minimum Gasteiger partial charge on any atom is -0.491 e. The molecule has 0 spiro atoms. The van der Waals surface area contributed by atoms with Gasteiger partial charge in [0.25, 0.3) is 23.6 Å². The van der Waals surface area contributed by atoms with Gasteiger partial charge in [0.1, 0.15) is 18.8 Å². The monoisotopic (exact) mass is 1580 g/mol. The number of benzene rings is 2. The molecule has 0 radical (unpaired) electrons. The zero-order chi connectivity index (χ0) is 49.2. The Morgan fingerprint density at radius 1 is 0.516 bits per heavy atom. The summed E-state index contributed by atoms with van der Waals surface area (Å²) in [6.45, 7) is 6.66. The van der Waals surface area contributed by atoms with Crippen LogP contribution in [-0.4, -0.2) is 149 Å². The molecule has 0 aliphatic rings. The summed E-state index contributed by atoms with van der Waals surface area (Å²) in [5, 5.41) is 71.7. The van der Waals surface area contributed by atoms with E-state index in [2.05, 4.69) is 38.5 Å². The molecule has 2 aromatic rings. The van der Waals surface area contributed by atoms with Crippen molar-refractivity contribution in [3.8, 4) is 0 Å². The van der Waals surface area contributed by atoms with Gasteiger partial charge < -0.3 is 72.0 Å². The topological polar surface area (TPSA) is 332 Å². The van der Waals surface area contributed by atoms with E-state index >= 15 is 0 Å². The lowest BCUT2D eigenvalue weighted by Gasteiger charge is -2.21. The number of nitrogens with one attached hydrogen (secondary N) is 6. The van der Waals surface area contributed by atoms with Crippen molar-refractivity contribution in [3.05, 3.63) is 56.0 Å². The molecule has 64 heavy (non-hydrogen) atoms. The van der Waals surface area contributed by atoms with Crippen LogP contribution in [0.2, 0.25) is 0 Å². The number of carbonyl (C=O) groups is 7. The normalized spacial score (nSPS) is 12.5. The van der Waals surface area contributed by atoms with Gasteiger partial charge >= 0.3 is 5.97 Å². The van der Waals surface area contributed by atoms with Crippen LogP contribution in [0.3, 0.4) is 0 Å². The number of amides is 6. The van der Waals surface area contributed by atoms with Crippen molar-refractivity contribution in [2.24, 2.45) is 0 Å². The van der Waals surface area contributed by atoms with E-state index in [4.69, 9.17) is 19.7 Å². The summed E-state index contributed by atoms with van der Waals surface area (Å²) in [4.78, 5) is 85.9. The van der Waals surface area contributed by atoms with E-state index in [1.54, 1.807) is 6.92 Å². The maximum absolute atomic E-state index is 13.0. The number of aliphatic hydroxyl groups excluding tert-OH is 6. The number of carbonyl (C=O) groups excluding carboxylic acids is 7. The van der Waals surface area contributed by atoms with Crippen LogP contribution in [0.4, 0.5) is 11.4 Å². The molecule has 0 saturated carbocycles. The quantitative estimate of drug-likeness (QED) is 0.0477. The fraction of sp³-hybridized carbons (Fsp3) is 0.432. The number of hydrogen-bond acceptors (Lipinski definition) is 15. The summed E-state index contributed by atoms with van der Waals surface area (Å²) < 4.78 is 12.3. The third kappa shape index (κ3) is 19.2. The average molecular weight is 1580 g/mol. The lowest BCUT2D eigenvalue weighted by Crippen LogP contribution is -2.37. The molecule has 0 aliphatic heterocycles. The SMILES string of the molecule is C=C(C)OC(CO)CNC(=O)c1c(I)c(NC(C)=O)c(I)c(C(=O)NCC(O)CO)c1I.CC(=O)Nc1c(I)c(C(=O)NCC(O)CO)c(I)c(C(=O)NCC(O)COC(C)=O)c1I. The van der Waals surface area contributed by atoms with Crippen molar-refractivity contribution < 1.29 is 73.7 Å². The number of hydrogen-bond donors (Lipinski definition) is 12. The maximum Gasteiger partial charge on any atom is 0.302 e. The Hall–Kier alpha value is -1.59. The zero-order valence-electron chi connectivity index (χ0n) is 34.3. The first-order valence-electron chi connectivity index (χ1n) is 18.3. The fourth-order valence-electron chi connectivity index (χ4n) is 4.72. The van der Waals surface area contributed by atoms with Crippen molar-refractivity contribution in [1.29, 1.82) is 0 Å². The highest BCUT2D eigenvalue weighted by Gasteiger charge is 2.30.